The van der Waals surface area contributed by atoms with Gasteiger partial charge < -0.3 is 10.2 Å². The van der Waals surface area contributed by atoms with E-state index in [-0.39, 0.29) is 5.69 Å². The molecular weight excluding hydrogens is 501 g/mol. The summed E-state index contributed by atoms with van der Waals surface area (Å²) in [5, 5.41) is 2.70. The highest BCUT2D eigenvalue weighted by Gasteiger charge is 2.31. The average Bonchev–Trinajstić information content (AvgIpc) is 2.89. The van der Waals surface area contributed by atoms with Gasteiger partial charge in [-0.1, -0.05) is 18.7 Å². The fourth-order valence-corrected chi connectivity index (χ4v) is 4.64. The summed E-state index contributed by atoms with van der Waals surface area (Å²) in [6.45, 7) is 11.4. The number of hydrogen-bond acceptors (Lipinski definition) is 4. The summed E-state index contributed by atoms with van der Waals surface area (Å²) < 4.78 is 40.9. The molecule has 2 aromatic rings. The molecular formula is C31H39F3N4O. The van der Waals surface area contributed by atoms with Crippen LogP contribution in [0.2, 0.25) is 0 Å². The van der Waals surface area contributed by atoms with Crippen LogP contribution in [0.15, 0.2) is 65.8 Å². The van der Waals surface area contributed by atoms with Gasteiger partial charge in [-0.05, 0) is 99.2 Å². The summed E-state index contributed by atoms with van der Waals surface area (Å²) in [5.41, 5.74) is 3.58. The number of benzene rings is 2. The van der Waals surface area contributed by atoms with E-state index < -0.39 is 17.6 Å². The van der Waals surface area contributed by atoms with E-state index in [0.717, 1.165) is 74.6 Å². The Balaban J connectivity index is 1.65. The normalized spacial score (nSPS) is 15.6. The van der Waals surface area contributed by atoms with E-state index in [0.29, 0.717) is 17.7 Å². The van der Waals surface area contributed by atoms with Gasteiger partial charge in [0.25, 0.3) is 5.91 Å². The number of aliphatic imine (C=N–C) groups is 1. The number of piperazine rings is 1. The van der Waals surface area contributed by atoms with Crippen LogP contribution in [-0.4, -0.2) is 55.1 Å². The third kappa shape index (κ3) is 9.48. The van der Waals surface area contributed by atoms with Gasteiger partial charge in [0.2, 0.25) is 0 Å². The van der Waals surface area contributed by atoms with Gasteiger partial charge in [0.05, 0.1) is 5.56 Å². The number of anilines is 1. The van der Waals surface area contributed by atoms with Crippen LogP contribution < -0.4 is 5.32 Å². The first-order valence-electron chi connectivity index (χ1n) is 13.4. The first-order valence-corrected chi connectivity index (χ1v) is 13.4. The SMILES string of the molecule is C=C/C(=C\N=CC)CCCCc1ccc(C(=O)Nc2cc(CN3CCN(C)CC3)cc(C(F)(F)F)c2)cc1C. The molecule has 5 nitrogen and oxygen atoms in total. The van der Waals surface area contributed by atoms with Crippen LogP contribution in [0, 0.1) is 6.92 Å². The van der Waals surface area contributed by atoms with Gasteiger partial charge in [0.1, 0.15) is 0 Å². The molecule has 1 aliphatic heterocycles. The molecule has 0 aliphatic carbocycles. The second-order valence-corrected chi connectivity index (χ2v) is 10.1. The predicted molar refractivity (Wildman–Crippen MR) is 153 cm³/mol. The molecule has 0 radical (unpaired) electrons. The average molecular weight is 541 g/mol. The van der Waals surface area contributed by atoms with Gasteiger partial charge in [-0.3, -0.25) is 14.7 Å². The lowest BCUT2D eigenvalue weighted by Gasteiger charge is -2.32. The van der Waals surface area contributed by atoms with Crippen LogP contribution in [0.4, 0.5) is 18.9 Å². The topological polar surface area (TPSA) is 47.9 Å². The van der Waals surface area contributed by atoms with Crippen LogP contribution in [-0.2, 0) is 19.1 Å². The standard InChI is InChI=1S/C31H39F3N4O/c1-5-24(21-35-6-2)9-7-8-10-26-11-12-27(17-23(26)3)30(39)36-29-19-25(18-28(20-29)31(32,33)34)22-38-15-13-37(4)14-16-38/h5-6,11-12,17-21H,1,7-10,13-16,22H2,2-4H3,(H,36,39)/b24-21+,35-6?. The lowest BCUT2D eigenvalue weighted by molar-refractivity contribution is -0.137. The Labute approximate surface area is 230 Å². The van der Waals surface area contributed by atoms with Crippen molar-refractivity contribution in [3.8, 4) is 0 Å². The first-order chi connectivity index (χ1) is 18.6. The maximum absolute atomic E-state index is 13.6. The molecule has 0 bridgehead atoms. The van der Waals surface area contributed by atoms with Gasteiger partial charge in [-0.15, -0.1) is 0 Å². The molecule has 1 aliphatic rings. The zero-order valence-electron chi connectivity index (χ0n) is 23.2. The van der Waals surface area contributed by atoms with Gasteiger partial charge in [-0.2, -0.15) is 13.2 Å². The number of carbonyl (C=O) groups excluding carboxylic acids is 1. The Morgan fingerprint density at radius 2 is 1.85 bits per heavy atom. The van der Waals surface area contributed by atoms with E-state index in [9.17, 15) is 18.0 Å². The molecule has 210 valence electrons. The summed E-state index contributed by atoms with van der Waals surface area (Å²) in [7, 11) is 2.03. The van der Waals surface area contributed by atoms with Gasteiger partial charge in [-0.25, -0.2) is 0 Å². The maximum atomic E-state index is 13.6. The third-order valence-electron chi connectivity index (χ3n) is 7.00. The van der Waals surface area contributed by atoms with E-state index in [4.69, 9.17) is 0 Å². The van der Waals surface area contributed by atoms with Crippen molar-refractivity contribution in [2.45, 2.75) is 52.3 Å². The molecule has 0 unspecified atom stereocenters. The van der Waals surface area contributed by atoms with Crippen molar-refractivity contribution in [1.29, 1.82) is 0 Å². The zero-order chi connectivity index (χ0) is 28.4. The highest BCUT2D eigenvalue weighted by atomic mass is 19.4. The Bertz CT molecular complexity index is 1190. The van der Waals surface area contributed by atoms with Crippen molar-refractivity contribution in [3.63, 3.8) is 0 Å². The van der Waals surface area contributed by atoms with Crippen molar-refractivity contribution < 1.29 is 18.0 Å². The van der Waals surface area contributed by atoms with E-state index in [2.05, 4.69) is 26.7 Å². The number of allylic oxidation sites excluding steroid dienone is 2. The molecule has 2 aromatic carbocycles. The minimum absolute atomic E-state index is 0.152. The Kier molecular flexibility index (Phi) is 11.1. The number of carbonyl (C=O) groups is 1. The Morgan fingerprint density at radius 3 is 2.49 bits per heavy atom. The van der Waals surface area contributed by atoms with E-state index in [1.165, 1.54) is 6.07 Å². The highest BCUT2D eigenvalue weighted by molar-refractivity contribution is 6.04. The molecule has 1 saturated heterocycles. The number of unbranched alkanes of at least 4 members (excludes halogenated alkanes) is 1. The molecule has 0 spiro atoms. The molecule has 39 heavy (non-hydrogen) atoms. The van der Waals surface area contributed by atoms with Crippen LogP contribution in [0.1, 0.15) is 58.8 Å². The largest absolute Gasteiger partial charge is 0.416 e. The van der Waals surface area contributed by atoms with Crippen LogP contribution in [0.5, 0.6) is 0 Å². The number of nitrogens with one attached hydrogen (secondary N) is 1. The maximum Gasteiger partial charge on any atom is 0.416 e. The molecule has 0 atom stereocenters. The number of aryl methyl sites for hydroxylation is 2. The third-order valence-corrected chi connectivity index (χ3v) is 7.00. The quantitative estimate of drug-likeness (QED) is 0.192. The lowest BCUT2D eigenvalue weighted by Crippen LogP contribution is -2.43. The minimum Gasteiger partial charge on any atom is -0.322 e. The van der Waals surface area contributed by atoms with E-state index in [1.807, 2.05) is 39.2 Å². The first kappa shape index (κ1) is 30.3. The van der Waals surface area contributed by atoms with E-state index >= 15 is 0 Å². The minimum atomic E-state index is -4.50. The number of amides is 1. The number of rotatable bonds is 11. The summed E-state index contributed by atoms with van der Waals surface area (Å²) in [4.78, 5) is 21.5. The summed E-state index contributed by atoms with van der Waals surface area (Å²) in [6, 6.07) is 9.29. The number of hydrogen-bond donors (Lipinski definition) is 1. The van der Waals surface area contributed by atoms with Crippen LogP contribution in [0.25, 0.3) is 0 Å². The van der Waals surface area contributed by atoms with Crippen molar-refractivity contribution in [2.75, 3.05) is 38.5 Å². The second kappa shape index (κ2) is 14.2. The van der Waals surface area contributed by atoms with Crippen molar-refractivity contribution in [2.24, 2.45) is 4.99 Å². The number of alkyl halides is 3. The zero-order valence-corrected chi connectivity index (χ0v) is 23.2. The molecule has 1 heterocycles. The number of likely N-dealkylation sites (N-methyl/N-ethyl adjacent to an activating group) is 1. The summed E-state index contributed by atoms with van der Waals surface area (Å²) >= 11 is 0. The number of halogens is 3. The fraction of sp³-hybridized carbons (Fsp3) is 0.419. The second-order valence-electron chi connectivity index (χ2n) is 10.1. The molecule has 1 N–H and O–H groups in total. The van der Waals surface area contributed by atoms with Crippen molar-refractivity contribution in [1.82, 2.24) is 9.80 Å². The Morgan fingerprint density at radius 1 is 1.10 bits per heavy atom. The summed E-state index contributed by atoms with van der Waals surface area (Å²) in [5.74, 6) is -0.424. The van der Waals surface area contributed by atoms with E-state index in [1.54, 1.807) is 24.4 Å². The Hall–Kier alpha value is -3.23. The molecule has 8 heteroatoms. The van der Waals surface area contributed by atoms with Gasteiger partial charge in [0.15, 0.2) is 0 Å². The van der Waals surface area contributed by atoms with Crippen molar-refractivity contribution >= 4 is 17.8 Å². The van der Waals surface area contributed by atoms with Crippen molar-refractivity contribution in [3.05, 3.63) is 88.6 Å². The smallest absolute Gasteiger partial charge is 0.322 e. The number of nitrogens with zero attached hydrogens (tertiary/aromatic N) is 3. The van der Waals surface area contributed by atoms with Crippen LogP contribution >= 0.6 is 0 Å². The molecule has 0 saturated carbocycles. The fourth-order valence-electron chi connectivity index (χ4n) is 4.64. The molecule has 1 amide bonds. The molecule has 1 fully saturated rings. The predicted octanol–water partition coefficient (Wildman–Crippen LogP) is 6.89. The molecule has 0 aromatic heterocycles. The van der Waals surface area contributed by atoms with Gasteiger partial charge >= 0.3 is 6.18 Å². The van der Waals surface area contributed by atoms with Crippen LogP contribution in [0.3, 0.4) is 0 Å². The lowest BCUT2D eigenvalue weighted by atomic mass is 9.98. The summed E-state index contributed by atoms with van der Waals surface area (Å²) in [6.07, 6.45) is 4.63. The highest BCUT2D eigenvalue weighted by Crippen LogP contribution is 2.32. The monoisotopic (exact) mass is 540 g/mol. The molecule has 3 rings (SSSR count). The van der Waals surface area contributed by atoms with Gasteiger partial charge in [0, 0.05) is 56.4 Å².